The summed E-state index contributed by atoms with van der Waals surface area (Å²) in [4.78, 5) is 35.7. The van der Waals surface area contributed by atoms with Crippen molar-refractivity contribution in [2.24, 2.45) is 0 Å². The quantitative estimate of drug-likeness (QED) is 0.774. The highest BCUT2D eigenvalue weighted by molar-refractivity contribution is 6.02. The molecule has 0 bridgehead atoms. The van der Waals surface area contributed by atoms with Crippen molar-refractivity contribution >= 4 is 17.7 Å². The third kappa shape index (κ3) is 3.31. The molecule has 1 fully saturated rings. The third-order valence-electron chi connectivity index (χ3n) is 2.66. The maximum Gasteiger partial charge on any atom is 0.264 e. The molecular formula is C13H14N2O4. The molecule has 19 heavy (non-hydrogen) atoms. The van der Waals surface area contributed by atoms with Crippen molar-refractivity contribution < 1.29 is 19.1 Å². The van der Waals surface area contributed by atoms with Crippen molar-refractivity contribution in [2.75, 3.05) is 13.1 Å². The Morgan fingerprint density at radius 2 is 1.79 bits per heavy atom. The molecule has 1 aliphatic rings. The lowest BCUT2D eigenvalue weighted by atomic mass is 10.2. The first-order valence-corrected chi connectivity index (χ1v) is 5.89. The molecule has 1 aliphatic heterocycles. The number of para-hydroxylation sites is 1. The maximum absolute atomic E-state index is 12.1. The summed E-state index contributed by atoms with van der Waals surface area (Å²) in [6.45, 7) is 1.35. The summed E-state index contributed by atoms with van der Waals surface area (Å²) in [5, 5.41) is 2.14. The van der Waals surface area contributed by atoms with Crippen LogP contribution in [-0.2, 0) is 14.4 Å². The Kier molecular flexibility index (Phi) is 3.79. The van der Waals surface area contributed by atoms with E-state index in [0.29, 0.717) is 5.75 Å². The molecule has 100 valence electrons. The molecule has 1 unspecified atom stereocenters. The van der Waals surface area contributed by atoms with Gasteiger partial charge in [-0.1, -0.05) is 18.2 Å². The van der Waals surface area contributed by atoms with Crippen LogP contribution in [0.1, 0.15) is 6.92 Å². The number of carbonyl (C=O) groups excluding carboxylic acids is 3. The van der Waals surface area contributed by atoms with Crippen LogP contribution in [0.5, 0.6) is 5.75 Å². The smallest absolute Gasteiger partial charge is 0.264 e. The van der Waals surface area contributed by atoms with Crippen LogP contribution in [-0.4, -0.2) is 41.8 Å². The Morgan fingerprint density at radius 1 is 1.21 bits per heavy atom. The normalized spacial score (nSPS) is 16.8. The Balaban J connectivity index is 1.99. The average molecular weight is 262 g/mol. The van der Waals surface area contributed by atoms with Crippen LogP contribution in [0.25, 0.3) is 0 Å². The zero-order valence-corrected chi connectivity index (χ0v) is 10.5. The van der Waals surface area contributed by atoms with Gasteiger partial charge in [0.25, 0.3) is 5.91 Å². The molecule has 1 aromatic carbocycles. The highest BCUT2D eigenvalue weighted by Gasteiger charge is 2.30. The summed E-state index contributed by atoms with van der Waals surface area (Å²) in [6.07, 6.45) is -0.749. The number of amides is 3. The average Bonchev–Trinajstić information content (AvgIpc) is 2.37. The molecule has 3 amide bonds. The number of nitrogens with zero attached hydrogens (tertiary/aromatic N) is 1. The minimum atomic E-state index is -0.749. The Bertz CT molecular complexity index is 485. The number of rotatable bonds is 3. The number of imide groups is 1. The fourth-order valence-electron chi connectivity index (χ4n) is 1.80. The summed E-state index contributed by atoms with van der Waals surface area (Å²) < 4.78 is 5.47. The van der Waals surface area contributed by atoms with Crippen molar-refractivity contribution in [3.8, 4) is 5.75 Å². The maximum atomic E-state index is 12.1. The van der Waals surface area contributed by atoms with Gasteiger partial charge in [0.15, 0.2) is 6.10 Å². The topological polar surface area (TPSA) is 75.7 Å². The Labute approximate surface area is 110 Å². The van der Waals surface area contributed by atoms with E-state index in [2.05, 4.69) is 5.32 Å². The van der Waals surface area contributed by atoms with Crippen molar-refractivity contribution in [1.29, 1.82) is 0 Å². The molecule has 6 nitrogen and oxygen atoms in total. The van der Waals surface area contributed by atoms with Crippen LogP contribution < -0.4 is 10.1 Å². The van der Waals surface area contributed by atoms with E-state index in [9.17, 15) is 14.4 Å². The monoisotopic (exact) mass is 262 g/mol. The molecule has 6 heteroatoms. The number of piperazine rings is 1. The van der Waals surface area contributed by atoms with Gasteiger partial charge < -0.3 is 9.64 Å². The predicted molar refractivity (Wildman–Crippen MR) is 66.3 cm³/mol. The lowest BCUT2D eigenvalue weighted by Crippen LogP contribution is -2.55. The molecule has 0 aromatic heterocycles. The van der Waals surface area contributed by atoms with Crippen LogP contribution in [0.3, 0.4) is 0 Å². The van der Waals surface area contributed by atoms with Crippen molar-refractivity contribution in [1.82, 2.24) is 10.2 Å². The minimum absolute atomic E-state index is 0.118. The Hall–Kier alpha value is -2.37. The van der Waals surface area contributed by atoms with Gasteiger partial charge in [-0.05, 0) is 19.1 Å². The van der Waals surface area contributed by atoms with Crippen molar-refractivity contribution in [2.45, 2.75) is 13.0 Å². The van der Waals surface area contributed by atoms with E-state index in [4.69, 9.17) is 4.74 Å². The number of nitrogens with one attached hydrogen (secondary N) is 1. The van der Waals surface area contributed by atoms with E-state index >= 15 is 0 Å². The molecule has 2 rings (SSSR count). The van der Waals surface area contributed by atoms with Gasteiger partial charge in [0.1, 0.15) is 18.8 Å². The molecule has 0 saturated carbocycles. The largest absolute Gasteiger partial charge is 0.481 e. The molecule has 1 aromatic rings. The number of hydrogen-bond donors (Lipinski definition) is 1. The fraction of sp³-hybridized carbons (Fsp3) is 0.308. The molecule has 1 heterocycles. The van der Waals surface area contributed by atoms with Gasteiger partial charge in [-0.3, -0.25) is 19.7 Å². The first-order chi connectivity index (χ1) is 9.06. The molecule has 0 aliphatic carbocycles. The van der Waals surface area contributed by atoms with Gasteiger partial charge in [-0.2, -0.15) is 0 Å². The predicted octanol–water partition coefficient (Wildman–Crippen LogP) is -0.0611. The number of ether oxygens (including phenoxy) is 1. The summed E-state index contributed by atoms with van der Waals surface area (Å²) in [6, 6.07) is 8.90. The van der Waals surface area contributed by atoms with Crippen LogP contribution in [0.2, 0.25) is 0 Å². The summed E-state index contributed by atoms with van der Waals surface area (Å²) in [5.41, 5.74) is 0. The summed E-state index contributed by atoms with van der Waals surface area (Å²) in [7, 11) is 0. The summed E-state index contributed by atoms with van der Waals surface area (Å²) >= 11 is 0. The van der Waals surface area contributed by atoms with E-state index in [1.54, 1.807) is 31.2 Å². The van der Waals surface area contributed by atoms with Gasteiger partial charge >= 0.3 is 0 Å². The highest BCUT2D eigenvalue weighted by Crippen LogP contribution is 2.12. The second-order valence-corrected chi connectivity index (χ2v) is 4.24. The van der Waals surface area contributed by atoms with Crippen LogP contribution in [0, 0.1) is 0 Å². The van der Waals surface area contributed by atoms with E-state index in [1.807, 2.05) is 6.07 Å². The number of benzene rings is 1. The van der Waals surface area contributed by atoms with Crippen LogP contribution in [0.4, 0.5) is 0 Å². The first-order valence-electron chi connectivity index (χ1n) is 5.89. The number of hydrogen-bond acceptors (Lipinski definition) is 4. The Morgan fingerprint density at radius 3 is 2.37 bits per heavy atom. The SMILES string of the molecule is CC(Oc1ccccc1)C(=O)N1CC(=O)NC(=O)C1. The highest BCUT2D eigenvalue weighted by atomic mass is 16.5. The third-order valence-corrected chi connectivity index (χ3v) is 2.66. The van der Waals surface area contributed by atoms with Gasteiger partial charge in [-0.15, -0.1) is 0 Å². The molecule has 1 saturated heterocycles. The van der Waals surface area contributed by atoms with E-state index in [1.165, 1.54) is 4.90 Å². The van der Waals surface area contributed by atoms with E-state index in [0.717, 1.165) is 0 Å². The van der Waals surface area contributed by atoms with Crippen LogP contribution in [0.15, 0.2) is 30.3 Å². The lowest BCUT2D eigenvalue weighted by Gasteiger charge is -2.28. The number of carbonyl (C=O) groups is 3. The van der Waals surface area contributed by atoms with Crippen LogP contribution >= 0.6 is 0 Å². The zero-order valence-electron chi connectivity index (χ0n) is 10.5. The molecule has 0 spiro atoms. The van der Waals surface area contributed by atoms with Gasteiger partial charge in [0.2, 0.25) is 11.8 Å². The fourth-order valence-corrected chi connectivity index (χ4v) is 1.80. The molecule has 0 radical (unpaired) electrons. The standard InChI is InChI=1S/C13H14N2O4/c1-9(19-10-5-3-2-4-6-10)13(18)15-7-11(16)14-12(17)8-15/h2-6,9H,7-8H2,1H3,(H,14,16,17). The van der Waals surface area contributed by atoms with E-state index in [-0.39, 0.29) is 19.0 Å². The summed E-state index contributed by atoms with van der Waals surface area (Å²) in [5.74, 6) is -0.767. The second kappa shape index (κ2) is 5.51. The molecular weight excluding hydrogens is 248 g/mol. The second-order valence-electron chi connectivity index (χ2n) is 4.24. The van der Waals surface area contributed by atoms with Crippen molar-refractivity contribution in [3.63, 3.8) is 0 Å². The van der Waals surface area contributed by atoms with Gasteiger partial charge in [0, 0.05) is 0 Å². The molecule has 1 N–H and O–H groups in total. The van der Waals surface area contributed by atoms with E-state index < -0.39 is 17.9 Å². The molecule has 1 atom stereocenters. The van der Waals surface area contributed by atoms with Gasteiger partial charge in [-0.25, -0.2) is 0 Å². The minimum Gasteiger partial charge on any atom is -0.481 e. The van der Waals surface area contributed by atoms with Gasteiger partial charge in [0.05, 0.1) is 0 Å². The first kappa shape index (κ1) is 13.1. The lowest BCUT2D eigenvalue weighted by molar-refractivity contribution is -0.148. The van der Waals surface area contributed by atoms with Crippen molar-refractivity contribution in [3.05, 3.63) is 30.3 Å². The zero-order chi connectivity index (χ0) is 13.8.